The minimum atomic E-state index is 0.275. The first-order valence-electron chi connectivity index (χ1n) is 6.88. The van der Waals surface area contributed by atoms with Gasteiger partial charge in [-0.15, -0.1) is 0 Å². The van der Waals surface area contributed by atoms with E-state index in [1.54, 1.807) is 7.11 Å². The highest BCUT2D eigenvalue weighted by Crippen LogP contribution is 2.26. The average molecular weight is 264 g/mol. The lowest BCUT2D eigenvalue weighted by Gasteiger charge is -2.36. The molecule has 1 aliphatic heterocycles. The Labute approximate surface area is 115 Å². The molecule has 1 aromatic rings. The van der Waals surface area contributed by atoms with Crippen LogP contribution in [0.2, 0.25) is 0 Å². The van der Waals surface area contributed by atoms with Crippen LogP contribution in [0.5, 0.6) is 5.75 Å². The van der Waals surface area contributed by atoms with E-state index in [0.29, 0.717) is 6.04 Å². The number of para-hydroxylation sites is 1. The summed E-state index contributed by atoms with van der Waals surface area (Å²) in [5.41, 5.74) is 1.21. The zero-order valence-electron chi connectivity index (χ0n) is 12.1. The van der Waals surface area contributed by atoms with Gasteiger partial charge >= 0.3 is 0 Å². The molecule has 106 valence electrons. The van der Waals surface area contributed by atoms with Crippen LogP contribution in [-0.2, 0) is 4.74 Å². The van der Waals surface area contributed by atoms with E-state index >= 15 is 0 Å². The van der Waals surface area contributed by atoms with E-state index in [0.717, 1.165) is 32.1 Å². The monoisotopic (exact) mass is 264 g/mol. The molecule has 0 spiro atoms. The van der Waals surface area contributed by atoms with Crippen LogP contribution >= 0.6 is 0 Å². The van der Waals surface area contributed by atoms with Crippen LogP contribution in [0.3, 0.4) is 0 Å². The van der Waals surface area contributed by atoms with Crippen molar-refractivity contribution >= 4 is 0 Å². The van der Waals surface area contributed by atoms with Gasteiger partial charge in [0.15, 0.2) is 0 Å². The van der Waals surface area contributed by atoms with Crippen molar-refractivity contribution in [2.45, 2.75) is 19.0 Å². The molecule has 19 heavy (non-hydrogen) atoms. The summed E-state index contributed by atoms with van der Waals surface area (Å²) in [5.74, 6) is 0.947. The molecule has 0 amide bonds. The van der Waals surface area contributed by atoms with Crippen molar-refractivity contribution in [2.24, 2.45) is 0 Å². The Hall–Kier alpha value is -1.10. The normalized spacial score (nSPS) is 22.2. The quantitative estimate of drug-likeness (QED) is 0.877. The van der Waals surface area contributed by atoms with Gasteiger partial charge in [-0.1, -0.05) is 18.2 Å². The third-order valence-corrected chi connectivity index (χ3v) is 3.79. The van der Waals surface area contributed by atoms with Crippen LogP contribution in [0, 0.1) is 0 Å². The molecule has 0 bridgehead atoms. The van der Waals surface area contributed by atoms with Crippen LogP contribution in [0.4, 0.5) is 0 Å². The van der Waals surface area contributed by atoms with E-state index < -0.39 is 0 Å². The number of methoxy groups -OCH3 is 1. The fourth-order valence-electron chi connectivity index (χ4n) is 2.57. The fourth-order valence-corrected chi connectivity index (χ4v) is 2.57. The van der Waals surface area contributed by atoms with Crippen molar-refractivity contribution < 1.29 is 9.47 Å². The Morgan fingerprint density at radius 3 is 2.95 bits per heavy atom. The number of nitrogens with zero attached hydrogens (tertiary/aromatic N) is 1. The maximum absolute atomic E-state index is 5.49. The van der Waals surface area contributed by atoms with Gasteiger partial charge in [0.1, 0.15) is 5.75 Å². The molecule has 0 aromatic heterocycles. The number of likely N-dealkylation sites (N-methyl/N-ethyl adjacent to an activating group) is 1. The molecule has 1 fully saturated rings. The van der Waals surface area contributed by atoms with Crippen molar-refractivity contribution in [2.75, 3.05) is 40.5 Å². The smallest absolute Gasteiger partial charge is 0.123 e. The van der Waals surface area contributed by atoms with Gasteiger partial charge in [0.25, 0.3) is 0 Å². The van der Waals surface area contributed by atoms with Crippen molar-refractivity contribution in [3.63, 3.8) is 0 Å². The molecular weight excluding hydrogens is 240 g/mol. The largest absolute Gasteiger partial charge is 0.496 e. The predicted molar refractivity (Wildman–Crippen MR) is 76.6 cm³/mol. The first kappa shape index (κ1) is 14.3. The highest BCUT2D eigenvalue weighted by atomic mass is 16.5. The third-order valence-electron chi connectivity index (χ3n) is 3.79. The number of hydrogen-bond donors (Lipinski definition) is 1. The van der Waals surface area contributed by atoms with Gasteiger partial charge in [-0.05, 0) is 20.0 Å². The summed E-state index contributed by atoms with van der Waals surface area (Å²) in [7, 11) is 3.73. The SMILES string of the molecule is CNC(CN1CCOCC1C)c1ccccc1OC. The first-order chi connectivity index (χ1) is 9.26. The van der Waals surface area contributed by atoms with E-state index in [2.05, 4.69) is 29.3 Å². The fraction of sp³-hybridized carbons (Fsp3) is 0.600. The molecule has 1 aliphatic rings. The standard InChI is InChI=1S/C15H24N2O2/c1-12-11-19-9-8-17(12)10-14(16-2)13-6-4-5-7-15(13)18-3/h4-7,12,14,16H,8-11H2,1-3H3. The lowest BCUT2D eigenvalue weighted by atomic mass is 10.0. The van der Waals surface area contributed by atoms with Crippen molar-refractivity contribution in [3.05, 3.63) is 29.8 Å². The van der Waals surface area contributed by atoms with Gasteiger partial charge in [0.2, 0.25) is 0 Å². The van der Waals surface area contributed by atoms with Gasteiger partial charge in [0.05, 0.1) is 20.3 Å². The van der Waals surface area contributed by atoms with Gasteiger partial charge in [-0.25, -0.2) is 0 Å². The molecule has 1 saturated heterocycles. The van der Waals surface area contributed by atoms with E-state index in [4.69, 9.17) is 9.47 Å². The molecule has 4 heteroatoms. The molecule has 2 atom stereocenters. The summed E-state index contributed by atoms with van der Waals surface area (Å²) < 4.78 is 11.0. The highest BCUT2D eigenvalue weighted by molar-refractivity contribution is 5.36. The van der Waals surface area contributed by atoms with Gasteiger partial charge in [0, 0.05) is 30.7 Å². The Bertz CT molecular complexity index is 397. The van der Waals surface area contributed by atoms with Crippen LogP contribution in [0.15, 0.2) is 24.3 Å². The number of morpholine rings is 1. The summed E-state index contributed by atoms with van der Waals surface area (Å²) in [6.07, 6.45) is 0. The van der Waals surface area contributed by atoms with E-state index in [1.807, 2.05) is 19.2 Å². The lowest BCUT2D eigenvalue weighted by Crippen LogP contribution is -2.47. The van der Waals surface area contributed by atoms with Gasteiger partial charge in [-0.3, -0.25) is 4.90 Å². The second kappa shape index (κ2) is 6.89. The number of ether oxygens (including phenoxy) is 2. The maximum Gasteiger partial charge on any atom is 0.123 e. The van der Waals surface area contributed by atoms with Crippen molar-refractivity contribution in [1.82, 2.24) is 10.2 Å². The van der Waals surface area contributed by atoms with Crippen molar-refractivity contribution in [3.8, 4) is 5.75 Å². The first-order valence-corrected chi connectivity index (χ1v) is 6.88. The Balaban J connectivity index is 2.10. The second-order valence-corrected chi connectivity index (χ2v) is 5.00. The minimum Gasteiger partial charge on any atom is -0.496 e. The summed E-state index contributed by atoms with van der Waals surface area (Å²) in [6, 6.07) is 8.96. The van der Waals surface area contributed by atoms with Crippen molar-refractivity contribution in [1.29, 1.82) is 0 Å². The summed E-state index contributed by atoms with van der Waals surface area (Å²) >= 11 is 0. The van der Waals surface area contributed by atoms with E-state index in [-0.39, 0.29) is 6.04 Å². The summed E-state index contributed by atoms with van der Waals surface area (Å²) in [6.45, 7) is 5.83. The molecule has 1 aromatic carbocycles. The molecule has 1 N–H and O–H groups in total. The molecule has 2 rings (SSSR count). The summed E-state index contributed by atoms with van der Waals surface area (Å²) in [5, 5.41) is 3.40. The van der Waals surface area contributed by atoms with E-state index in [9.17, 15) is 0 Å². The van der Waals surface area contributed by atoms with Crippen LogP contribution in [-0.4, -0.2) is 51.4 Å². The molecule has 2 unspecified atom stereocenters. The molecule has 1 heterocycles. The zero-order valence-corrected chi connectivity index (χ0v) is 12.1. The predicted octanol–water partition coefficient (Wildman–Crippen LogP) is 1.68. The minimum absolute atomic E-state index is 0.275. The average Bonchev–Trinajstić information content (AvgIpc) is 2.46. The zero-order chi connectivity index (χ0) is 13.7. The molecular formula is C15H24N2O2. The Morgan fingerprint density at radius 1 is 1.47 bits per heavy atom. The van der Waals surface area contributed by atoms with E-state index in [1.165, 1.54) is 5.56 Å². The maximum atomic E-state index is 5.49. The topological polar surface area (TPSA) is 33.7 Å². The Morgan fingerprint density at radius 2 is 2.26 bits per heavy atom. The molecule has 0 radical (unpaired) electrons. The van der Waals surface area contributed by atoms with Crippen LogP contribution < -0.4 is 10.1 Å². The number of nitrogens with one attached hydrogen (secondary N) is 1. The lowest BCUT2D eigenvalue weighted by molar-refractivity contribution is -0.00425. The Kier molecular flexibility index (Phi) is 5.19. The van der Waals surface area contributed by atoms with Gasteiger partial charge < -0.3 is 14.8 Å². The number of hydrogen-bond acceptors (Lipinski definition) is 4. The third kappa shape index (κ3) is 3.47. The molecule has 4 nitrogen and oxygen atoms in total. The van der Waals surface area contributed by atoms with Gasteiger partial charge in [-0.2, -0.15) is 0 Å². The van der Waals surface area contributed by atoms with Crippen LogP contribution in [0.1, 0.15) is 18.5 Å². The molecule has 0 aliphatic carbocycles. The number of rotatable bonds is 5. The highest BCUT2D eigenvalue weighted by Gasteiger charge is 2.23. The van der Waals surface area contributed by atoms with Crippen LogP contribution in [0.25, 0.3) is 0 Å². The molecule has 0 saturated carbocycles. The second-order valence-electron chi connectivity index (χ2n) is 5.00. The number of benzene rings is 1. The summed E-state index contributed by atoms with van der Waals surface area (Å²) in [4.78, 5) is 2.47.